The number of hydrogen-bond donors (Lipinski definition) is 0. The summed E-state index contributed by atoms with van der Waals surface area (Å²) >= 11 is 0. The number of methoxy groups -OCH3 is 1. The van der Waals surface area contributed by atoms with Crippen molar-refractivity contribution in [1.29, 1.82) is 0 Å². The Kier molecular flexibility index (Phi) is 5.98. The van der Waals surface area contributed by atoms with Crippen LogP contribution < -0.4 is 4.74 Å². The second-order valence-corrected chi connectivity index (χ2v) is 7.41. The third kappa shape index (κ3) is 4.09. The van der Waals surface area contributed by atoms with Gasteiger partial charge in [0.1, 0.15) is 23.0 Å². The first-order chi connectivity index (χ1) is 15.5. The third-order valence-corrected chi connectivity index (χ3v) is 5.28. The van der Waals surface area contributed by atoms with Crippen LogP contribution in [0.25, 0.3) is 22.4 Å². The molecular formula is C25H23FN4O2. The van der Waals surface area contributed by atoms with E-state index in [1.807, 2.05) is 36.4 Å². The minimum atomic E-state index is -0.331. The van der Waals surface area contributed by atoms with Crippen LogP contribution >= 0.6 is 0 Å². The number of pyridine rings is 1. The molecule has 0 aliphatic rings. The Labute approximate surface area is 185 Å². The molecule has 0 radical (unpaired) electrons. The molecule has 32 heavy (non-hydrogen) atoms. The highest BCUT2D eigenvalue weighted by Crippen LogP contribution is 2.35. The van der Waals surface area contributed by atoms with Crippen molar-refractivity contribution in [3.8, 4) is 28.1 Å². The van der Waals surface area contributed by atoms with Gasteiger partial charge in [-0.3, -0.25) is 14.5 Å². The summed E-state index contributed by atoms with van der Waals surface area (Å²) in [5, 5.41) is 4.63. The topological polar surface area (TPSA) is 60.2 Å². The van der Waals surface area contributed by atoms with Crippen LogP contribution in [0.2, 0.25) is 0 Å². The van der Waals surface area contributed by atoms with Crippen molar-refractivity contribution < 1.29 is 13.9 Å². The van der Waals surface area contributed by atoms with E-state index in [-0.39, 0.29) is 11.7 Å². The standard InChI is InChI=1S/C25H23FN4O2/c1-29(16-19-6-4-5-7-21(19)32-3)25(31)24-22(17-12-14-27-15-13-17)23(28-30(24)2)18-8-10-20(26)11-9-18/h4-15H,16H2,1-3H3. The highest BCUT2D eigenvalue weighted by Gasteiger charge is 2.27. The number of nitrogens with zero attached hydrogens (tertiary/aromatic N) is 4. The van der Waals surface area contributed by atoms with Gasteiger partial charge in [0.2, 0.25) is 0 Å². The van der Waals surface area contributed by atoms with Gasteiger partial charge in [0, 0.05) is 49.7 Å². The first-order valence-electron chi connectivity index (χ1n) is 10.1. The maximum absolute atomic E-state index is 13.6. The van der Waals surface area contributed by atoms with Crippen molar-refractivity contribution in [3.63, 3.8) is 0 Å². The minimum absolute atomic E-state index is 0.189. The number of carbonyl (C=O) groups excluding carboxylic acids is 1. The van der Waals surface area contributed by atoms with Crippen LogP contribution in [0, 0.1) is 5.82 Å². The van der Waals surface area contributed by atoms with Gasteiger partial charge in [-0.25, -0.2) is 4.39 Å². The molecule has 4 rings (SSSR count). The number of halogens is 1. The van der Waals surface area contributed by atoms with Crippen LogP contribution in [0.5, 0.6) is 5.75 Å². The summed E-state index contributed by atoms with van der Waals surface area (Å²) in [7, 11) is 5.09. The fraction of sp³-hybridized carbons (Fsp3) is 0.160. The van der Waals surface area contributed by atoms with E-state index in [0.29, 0.717) is 23.5 Å². The third-order valence-electron chi connectivity index (χ3n) is 5.28. The van der Waals surface area contributed by atoms with Crippen LogP contribution in [0.3, 0.4) is 0 Å². The maximum atomic E-state index is 13.6. The van der Waals surface area contributed by atoms with Gasteiger partial charge in [0.25, 0.3) is 5.91 Å². The molecule has 0 spiro atoms. The molecule has 0 aliphatic heterocycles. The van der Waals surface area contributed by atoms with Gasteiger partial charge < -0.3 is 9.64 Å². The molecule has 7 heteroatoms. The molecule has 0 saturated heterocycles. The van der Waals surface area contributed by atoms with Crippen LogP contribution in [-0.2, 0) is 13.6 Å². The van der Waals surface area contributed by atoms with E-state index < -0.39 is 0 Å². The zero-order valence-electron chi connectivity index (χ0n) is 18.1. The second kappa shape index (κ2) is 9.01. The number of ether oxygens (including phenoxy) is 1. The van der Waals surface area contributed by atoms with Gasteiger partial charge in [0.15, 0.2) is 0 Å². The summed E-state index contributed by atoms with van der Waals surface area (Å²) < 4.78 is 20.5. The largest absolute Gasteiger partial charge is 0.496 e. The Morgan fingerprint density at radius 1 is 1.03 bits per heavy atom. The molecule has 0 atom stereocenters. The highest BCUT2D eigenvalue weighted by atomic mass is 19.1. The second-order valence-electron chi connectivity index (χ2n) is 7.41. The number of para-hydroxylation sites is 1. The van der Waals surface area contributed by atoms with Gasteiger partial charge in [-0.15, -0.1) is 0 Å². The molecule has 0 fully saturated rings. The smallest absolute Gasteiger partial charge is 0.272 e. The van der Waals surface area contributed by atoms with E-state index in [2.05, 4.69) is 10.1 Å². The number of hydrogen-bond acceptors (Lipinski definition) is 4. The molecule has 2 aromatic carbocycles. The van der Waals surface area contributed by atoms with Crippen LogP contribution in [0.1, 0.15) is 16.1 Å². The summed E-state index contributed by atoms with van der Waals surface area (Å²) in [6, 6.07) is 17.4. The van der Waals surface area contributed by atoms with E-state index in [0.717, 1.165) is 22.4 Å². The van der Waals surface area contributed by atoms with Gasteiger partial charge in [-0.2, -0.15) is 5.10 Å². The molecule has 2 heterocycles. The predicted molar refractivity (Wildman–Crippen MR) is 121 cm³/mol. The molecule has 0 aliphatic carbocycles. The average molecular weight is 430 g/mol. The molecule has 0 bridgehead atoms. The quantitative estimate of drug-likeness (QED) is 0.450. The Morgan fingerprint density at radius 3 is 2.41 bits per heavy atom. The molecule has 0 unspecified atom stereocenters. The Bertz CT molecular complexity index is 1240. The Morgan fingerprint density at radius 2 is 1.72 bits per heavy atom. The number of benzene rings is 2. The van der Waals surface area contributed by atoms with E-state index in [9.17, 15) is 9.18 Å². The minimum Gasteiger partial charge on any atom is -0.496 e. The summed E-state index contributed by atoms with van der Waals surface area (Å²) in [5.41, 5.74) is 4.15. The number of rotatable bonds is 6. The summed E-state index contributed by atoms with van der Waals surface area (Å²) in [6.07, 6.45) is 3.34. The van der Waals surface area contributed by atoms with Crippen molar-refractivity contribution in [1.82, 2.24) is 19.7 Å². The van der Waals surface area contributed by atoms with Crippen molar-refractivity contribution in [3.05, 3.63) is 90.1 Å². The maximum Gasteiger partial charge on any atom is 0.272 e. The molecule has 4 aromatic rings. The first kappa shape index (κ1) is 21.2. The SMILES string of the molecule is COc1ccccc1CN(C)C(=O)c1c(-c2ccncc2)c(-c2ccc(F)cc2)nn1C. The molecule has 0 N–H and O–H groups in total. The zero-order chi connectivity index (χ0) is 22.7. The van der Waals surface area contributed by atoms with Crippen molar-refractivity contribution >= 4 is 5.91 Å². The van der Waals surface area contributed by atoms with Gasteiger partial charge in [-0.1, -0.05) is 18.2 Å². The fourth-order valence-corrected chi connectivity index (χ4v) is 3.71. The lowest BCUT2D eigenvalue weighted by Crippen LogP contribution is -2.28. The molecule has 1 amide bonds. The van der Waals surface area contributed by atoms with Crippen LogP contribution in [0.4, 0.5) is 4.39 Å². The number of aromatic nitrogens is 3. The lowest BCUT2D eigenvalue weighted by atomic mass is 9.99. The van der Waals surface area contributed by atoms with Crippen LogP contribution in [0.15, 0.2) is 73.1 Å². The highest BCUT2D eigenvalue weighted by molar-refractivity contribution is 6.02. The van der Waals surface area contributed by atoms with Gasteiger partial charge in [-0.05, 0) is 48.0 Å². The number of carbonyl (C=O) groups is 1. The lowest BCUT2D eigenvalue weighted by molar-refractivity contribution is 0.0774. The molecular weight excluding hydrogens is 407 g/mol. The van der Waals surface area contributed by atoms with E-state index >= 15 is 0 Å². The van der Waals surface area contributed by atoms with Crippen LogP contribution in [-0.4, -0.2) is 39.7 Å². The summed E-state index contributed by atoms with van der Waals surface area (Å²) in [4.78, 5) is 19.3. The molecule has 162 valence electrons. The average Bonchev–Trinajstić information content (AvgIpc) is 3.16. The lowest BCUT2D eigenvalue weighted by Gasteiger charge is -2.20. The monoisotopic (exact) mass is 430 g/mol. The van der Waals surface area contributed by atoms with E-state index in [1.165, 1.54) is 12.1 Å². The molecule has 6 nitrogen and oxygen atoms in total. The van der Waals surface area contributed by atoms with Gasteiger partial charge >= 0.3 is 0 Å². The normalized spacial score (nSPS) is 10.8. The Hall–Kier alpha value is -4.00. The van der Waals surface area contributed by atoms with E-state index in [4.69, 9.17) is 4.74 Å². The predicted octanol–water partition coefficient (Wildman–Crippen LogP) is 4.57. The van der Waals surface area contributed by atoms with Crippen molar-refractivity contribution in [2.75, 3.05) is 14.2 Å². The summed E-state index contributed by atoms with van der Waals surface area (Å²) in [6.45, 7) is 0.371. The van der Waals surface area contributed by atoms with Crippen molar-refractivity contribution in [2.45, 2.75) is 6.54 Å². The van der Waals surface area contributed by atoms with Gasteiger partial charge in [0.05, 0.1) is 7.11 Å². The fourth-order valence-electron chi connectivity index (χ4n) is 3.71. The number of amides is 1. The molecule has 2 aromatic heterocycles. The number of aryl methyl sites for hydroxylation is 1. The first-order valence-corrected chi connectivity index (χ1v) is 10.1. The summed E-state index contributed by atoms with van der Waals surface area (Å²) in [5.74, 6) is 0.201. The van der Waals surface area contributed by atoms with E-state index in [1.54, 1.807) is 55.3 Å². The zero-order valence-corrected chi connectivity index (χ0v) is 18.1. The van der Waals surface area contributed by atoms with Crippen molar-refractivity contribution in [2.24, 2.45) is 7.05 Å². The Balaban J connectivity index is 1.79. The molecule has 0 saturated carbocycles.